The Labute approximate surface area is 80.7 Å². The minimum Gasteiger partial charge on any atom is -0.481 e. The van der Waals surface area contributed by atoms with Crippen LogP contribution in [0, 0.1) is 5.92 Å². The van der Waals surface area contributed by atoms with Gasteiger partial charge in [-0.25, -0.2) is 0 Å². The topological polar surface area (TPSA) is 37.3 Å². The van der Waals surface area contributed by atoms with E-state index in [-0.39, 0.29) is 5.92 Å². The summed E-state index contributed by atoms with van der Waals surface area (Å²) >= 11 is 0. The number of unbranched alkanes of at least 4 members (excludes halogenated alkanes) is 3. The minimum atomic E-state index is -0.710. The lowest BCUT2D eigenvalue weighted by molar-refractivity contribution is -0.140. The lowest BCUT2D eigenvalue weighted by Gasteiger charge is -1.99. The van der Waals surface area contributed by atoms with Crippen molar-refractivity contribution in [3.8, 4) is 0 Å². The summed E-state index contributed by atoms with van der Waals surface area (Å²) in [4.78, 5) is 10.4. The second-order valence-corrected chi connectivity index (χ2v) is 3.44. The average molecular weight is 184 g/mol. The molecule has 0 aromatic carbocycles. The van der Waals surface area contributed by atoms with Gasteiger partial charge in [0, 0.05) is 0 Å². The lowest BCUT2D eigenvalue weighted by Crippen LogP contribution is -2.07. The van der Waals surface area contributed by atoms with Gasteiger partial charge < -0.3 is 5.11 Å². The van der Waals surface area contributed by atoms with Crippen LogP contribution in [0.15, 0.2) is 12.2 Å². The summed E-state index contributed by atoms with van der Waals surface area (Å²) in [6, 6.07) is 0. The molecule has 0 saturated carbocycles. The van der Waals surface area contributed by atoms with Gasteiger partial charge >= 0.3 is 5.97 Å². The quantitative estimate of drug-likeness (QED) is 0.487. The molecule has 1 unspecified atom stereocenters. The predicted molar refractivity (Wildman–Crippen MR) is 54.7 cm³/mol. The van der Waals surface area contributed by atoms with Crippen LogP contribution in [0.3, 0.4) is 0 Å². The van der Waals surface area contributed by atoms with Gasteiger partial charge in [-0.2, -0.15) is 0 Å². The number of carboxylic acid groups (broad SMARTS) is 1. The molecule has 0 radical (unpaired) electrons. The van der Waals surface area contributed by atoms with Gasteiger partial charge in [0.2, 0.25) is 0 Å². The Morgan fingerprint density at radius 3 is 2.62 bits per heavy atom. The third-order valence-corrected chi connectivity index (χ3v) is 2.05. The summed E-state index contributed by atoms with van der Waals surface area (Å²) in [5.41, 5.74) is 0. The monoisotopic (exact) mass is 184 g/mol. The fraction of sp³-hybridized carbons (Fsp3) is 0.727. The Balaban J connectivity index is 3.35. The van der Waals surface area contributed by atoms with E-state index in [0.717, 1.165) is 6.42 Å². The van der Waals surface area contributed by atoms with Crippen LogP contribution < -0.4 is 0 Å². The third kappa shape index (κ3) is 7.57. The van der Waals surface area contributed by atoms with Crippen molar-refractivity contribution in [2.75, 3.05) is 0 Å². The molecule has 2 nitrogen and oxygen atoms in total. The summed E-state index contributed by atoms with van der Waals surface area (Å²) in [5.74, 6) is -0.958. The Bertz CT molecular complexity index is 161. The third-order valence-electron chi connectivity index (χ3n) is 2.05. The van der Waals surface area contributed by atoms with Gasteiger partial charge in [-0.05, 0) is 19.3 Å². The normalized spacial score (nSPS) is 13.4. The molecule has 0 bridgehead atoms. The molecular weight excluding hydrogens is 164 g/mol. The molecule has 76 valence electrons. The van der Waals surface area contributed by atoms with Crippen LogP contribution in [-0.4, -0.2) is 11.1 Å². The first-order chi connectivity index (χ1) is 6.18. The van der Waals surface area contributed by atoms with Crippen LogP contribution in [0.5, 0.6) is 0 Å². The molecule has 0 aromatic rings. The first-order valence-corrected chi connectivity index (χ1v) is 5.06. The SMILES string of the molecule is CCCCC/C=C\CC(C)C(=O)O. The van der Waals surface area contributed by atoms with Crippen LogP contribution in [0.1, 0.15) is 46.0 Å². The summed E-state index contributed by atoms with van der Waals surface area (Å²) in [6.45, 7) is 3.91. The second-order valence-electron chi connectivity index (χ2n) is 3.44. The largest absolute Gasteiger partial charge is 0.481 e. The second kappa shape index (κ2) is 7.84. The molecule has 0 aliphatic heterocycles. The van der Waals surface area contributed by atoms with E-state index in [1.54, 1.807) is 6.92 Å². The van der Waals surface area contributed by atoms with E-state index >= 15 is 0 Å². The highest BCUT2D eigenvalue weighted by Gasteiger charge is 2.06. The highest BCUT2D eigenvalue weighted by Crippen LogP contribution is 2.05. The molecule has 0 rings (SSSR count). The van der Waals surface area contributed by atoms with E-state index in [9.17, 15) is 4.79 Å². The van der Waals surface area contributed by atoms with Crippen LogP contribution in [0.4, 0.5) is 0 Å². The first kappa shape index (κ1) is 12.2. The zero-order valence-corrected chi connectivity index (χ0v) is 8.62. The van der Waals surface area contributed by atoms with E-state index in [4.69, 9.17) is 5.11 Å². The summed E-state index contributed by atoms with van der Waals surface area (Å²) in [6.07, 6.45) is 9.53. The maximum atomic E-state index is 10.4. The Kier molecular flexibility index (Phi) is 7.36. The van der Waals surface area contributed by atoms with Gasteiger partial charge in [-0.3, -0.25) is 4.79 Å². The maximum Gasteiger partial charge on any atom is 0.306 e. The zero-order valence-electron chi connectivity index (χ0n) is 8.62. The van der Waals surface area contributed by atoms with Gasteiger partial charge in [-0.15, -0.1) is 0 Å². The van der Waals surface area contributed by atoms with E-state index in [0.29, 0.717) is 6.42 Å². The molecule has 0 fully saturated rings. The number of carboxylic acids is 1. The molecule has 0 aliphatic carbocycles. The maximum absolute atomic E-state index is 10.4. The van der Waals surface area contributed by atoms with Crippen LogP contribution in [-0.2, 0) is 4.79 Å². The van der Waals surface area contributed by atoms with Crippen molar-refractivity contribution in [3.63, 3.8) is 0 Å². The van der Waals surface area contributed by atoms with Crippen molar-refractivity contribution in [3.05, 3.63) is 12.2 Å². The predicted octanol–water partition coefficient (Wildman–Crippen LogP) is 3.23. The zero-order chi connectivity index (χ0) is 10.1. The van der Waals surface area contributed by atoms with Gasteiger partial charge in [0.1, 0.15) is 0 Å². The van der Waals surface area contributed by atoms with Gasteiger partial charge in [0.15, 0.2) is 0 Å². The average Bonchev–Trinajstić information content (AvgIpc) is 2.10. The number of hydrogen-bond acceptors (Lipinski definition) is 1. The van der Waals surface area contributed by atoms with Crippen molar-refractivity contribution in [1.82, 2.24) is 0 Å². The molecule has 0 amide bonds. The van der Waals surface area contributed by atoms with E-state index in [1.165, 1.54) is 19.3 Å². The first-order valence-electron chi connectivity index (χ1n) is 5.06. The molecule has 0 aliphatic rings. The van der Waals surface area contributed by atoms with Gasteiger partial charge in [-0.1, -0.05) is 38.8 Å². The highest BCUT2D eigenvalue weighted by atomic mass is 16.4. The molecule has 1 atom stereocenters. The van der Waals surface area contributed by atoms with Crippen molar-refractivity contribution >= 4 is 5.97 Å². The summed E-state index contributed by atoms with van der Waals surface area (Å²) in [5, 5.41) is 8.59. The molecule has 0 saturated heterocycles. The van der Waals surface area contributed by atoms with Gasteiger partial charge in [0.05, 0.1) is 5.92 Å². The van der Waals surface area contributed by atoms with Crippen molar-refractivity contribution in [1.29, 1.82) is 0 Å². The highest BCUT2D eigenvalue weighted by molar-refractivity contribution is 5.69. The van der Waals surface area contributed by atoms with Gasteiger partial charge in [0.25, 0.3) is 0 Å². The number of aliphatic carboxylic acids is 1. The van der Waals surface area contributed by atoms with Crippen molar-refractivity contribution in [2.45, 2.75) is 46.0 Å². The van der Waals surface area contributed by atoms with Crippen LogP contribution >= 0.6 is 0 Å². The number of hydrogen-bond donors (Lipinski definition) is 1. The fourth-order valence-electron chi connectivity index (χ4n) is 1.03. The molecule has 1 N–H and O–H groups in total. The van der Waals surface area contributed by atoms with Crippen LogP contribution in [0.25, 0.3) is 0 Å². The number of rotatable bonds is 7. The molecule has 13 heavy (non-hydrogen) atoms. The smallest absolute Gasteiger partial charge is 0.306 e. The number of allylic oxidation sites excluding steroid dienone is 2. The standard InChI is InChI=1S/C11H20O2/c1-3-4-5-6-7-8-9-10(2)11(12)13/h7-8,10H,3-6,9H2,1-2H3,(H,12,13)/b8-7-. The summed E-state index contributed by atoms with van der Waals surface area (Å²) < 4.78 is 0. The Hall–Kier alpha value is -0.790. The van der Waals surface area contributed by atoms with Crippen molar-refractivity contribution in [2.24, 2.45) is 5.92 Å². The van der Waals surface area contributed by atoms with E-state index in [1.807, 2.05) is 6.08 Å². The van der Waals surface area contributed by atoms with Crippen LogP contribution in [0.2, 0.25) is 0 Å². The Morgan fingerprint density at radius 2 is 2.08 bits per heavy atom. The lowest BCUT2D eigenvalue weighted by atomic mass is 10.1. The molecule has 2 heteroatoms. The Morgan fingerprint density at radius 1 is 1.38 bits per heavy atom. The molecular formula is C11H20O2. The van der Waals surface area contributed by atoms with E-state index < -0.39 is 5.97 Å². The number of carbonyl (C=O) groups is 1. The minimum absolute atomic E-state index is 0.248. The molecule has 0 aromatic heterocycles. The van der Waals surface area contributed by atoms with E-state index in [2.05, 4.69) is 13.0 Å². The van der Waals surface area contributed by atoms with Crippen molar-refractivity contribution < 1.29 is 9.90 Å². The summed E-state index contributed by atoms with van der Waals surface area (Å²) in [7, 11) is 0. The molecule has 0 heterocycles. The fourth-order valence-corrected chi connectivity index (χ4v) is 1.03. The molecule has 0 spiro atoms.